The Morgan fingerprint density at radius 1 is 1.57 bits per heavy atom. The van der Waals surface area contributed by atoms with Crippen LogP contribution in [0.2, 0.25) is 0 Å². The van der Waals surface area contributed by atoms with Crippen molar-refractivity contribution in [3.63, 3.8) is 0 Å². The lowest BCUT2D eigenvalue weighted by atomic mass is 10.1. The first-order chi connectivity index (χ1) is 6.77. The van der Waals surface area contributed by atoms with Crippen LogP contribution in [0.3, 0.4) is 0 Å². The van der Waals surface area contributed by atoms with Crippen LogP contribution in [0.15, 0.2) is 17.5 Å². The van der Waals surface area contributed by atoms with E-state index in [1.807, 2.05) is 0 Å². The van der Waals surface area contributed by atoms with E-state index in [4.69, 9.17) is 4.74 Å². The van der Waals surface area contributed by atoms with E-state index in [9.17, 15) is 9.18 Å². The van der Waals surface area contributed by atoms with E-state index in [0.717, 1.165) is 0 Å². The third-order valence-electron chi connectivity index (χ3n) is 2.03. The van der Waals surface area contributed by atoms with Crippen LogP contribution in [0, 0.1) is 5.82 Å². The van der Waals surface area contributed by atoms with Gasteiger partial charge in [-0.25, -0.2) is 4.39 Å². The van der Waals surface area contributed by atoms with Crippen LogP contribution in [0.5, 0.6) is 5.75 Å². The molecule has 1 heterocycles. The largest absolute Gasteiger partial charge is 0.496 e. The molecule has 2 aromatic rings. The van der Waals surface area contributed by atoms with Gasteiger partial charge in [0.1, 0.15) is 11.6 Å². The summed E-state index contributed by atoms with van der Waals surface area (Å²) in [5.74, 6) is -0.0687. The zero-order valence-corrected chi connectivity index (χ0v) is 8.23. The summed E-state index contributed by atoms with van der Waals surface area (Å²) in [6.07, 6.45) is 0.688. The zero-order valence-electron chi connectivity index (χ0n) is 7.41. The third-order valence-corrected chi connectivity index (χ3v) is 2.96. The number of hydrogen-bond donors (Lipinski definition) is 0. The number of thiophene rings is 1. The van der Waals surface area contributed by atoms with Crippen molar-refractivity contribution >= 4 is 27.7 Å². The quantitative estimate of drug-likeness (QED) is 0.712. The standard InChI is InChI=1S/C10H7FO2S/c1-13-9-4-8(11)10-6(2-3-14-10)7(9)5-12/h2-5H,1H3. The lowest BCUT2D eigenvalue weighted by Crippen LogP contribution is -1.92. The van der Waals surface area contributed by atoms with E-state index < -0.39 is 0 Å². The molecule has 0 aliphatic carbocycles. The fourth-order valence-electron chi connectivity index (χ4n) is 1.39. The van der Waals surface area contributed by atoms with Crippen molar-refractivity contribution in [1.29, 1.82) is 0 Å². The molecule has 4 heteroatoms. The molecular weight excluding hydrogens is 203 g/mol. The normalized spacial score (nSPS) is 10.4. The highest BCUT2D eigenvalue weighted by molar-refractivity contribution is 7.17. The van der Waals surface area contributed by atoms with Crippen LogP contribution < -0.4 is 4.74 Å². The molecule has 0 fully saturated rings. The number of hydrogen-bond acceptors (Lipinski definition) is 3. The molecule has 1 aromatic heterocycles. The number of halogens is 1. The Bertz CT molecular complexity index is 490. The van der Waals surface area contributed by atoms with Gasteiger partial charge in [0.05, 0.1) is 17.4 Å². The molecule has 0 saturated carbocycles. The van der Waals surface area contributed by atoms with Gasteiger partial charge < -0.3 is 4.74 Å². The smallest absolute Gasteiger partial charge is 0.154 e. The van der Waals surface area contributed by atoms with Crippen molar-refractivity contribution in [1.82, 2.24) is 0 Å². The minimum absolute atomic E-state index is 0.281. The Kier molecular flexibility index (Phi) is 2.21. The first-order valence-electron chi connectivity index (χ1n) is 3.96. The van der Waals surface area contributed by atoms with Crippen LogP contribution in [-0.2, 0) is 0 Å². The first-order valence-corrected chi connectivity index (χ1v) is 4.84. The summed E-state index contributed by atoms with van der Waals surface area (Å²) in [5.41, 5.74) is 0.408. The van der Waals surface area contributed by atoms with Gasteiger partial charge in [-0.2, -0.15) is 0 Å². The van der Waals surface area contributed by atoms with Crippen molar-refractivity contribution < 1.29 is 13.9 Å². The van der Waals surface area contributed by atoms with Gasteiger partial charge in [-0.15, -0.1) is 11.3 Å². The SMILES string of the molecule is COc1cc(F)c2sccc2c1C=O. The predicted octanol–water partition coefficient (Wildman–Crippen LogP) is 2.86. The van der Waals surface area contributed by atoms with E-state index in [2.05, 4.69) is 0 Å². The van der Waals surface area contributed by atoms with Gasteiger partial charge in [0.25, 0.3) is 0 Å². The second-order valence-corrected chi connectivity index (χ2v) is 3.67. The zero-order chi connectivity index (χ0) is 10.1. The summed E-state index contributed by atoms with van der Waals surface area (Å²) >= 11 is 1.27. The Hall–Kier alpha value is -1.42. The molecule has 0 radical (unpaired) electrons. The number of ether oxygens (including phenoxy) is 1. The maximum Gasteiger partial charge on any atom is 0.154 e. The molecule has 0 saturated heterocycles. The summed E-state index contributed by atoms with van der Waals surface area (Å²) in [6, 6.07) is 2.96. The van der Waals surface area contributed by atoms with Gasteiger partial charge in [-0.1, -0.05) is 0 Å². The van der Waals surface area contributed by atoms with Crippen molar-refractivity contribution in [2.45, 2.75) is 0 Å². The molecule has 0 aliphatic rings. The van der Waals surface area contributed by atoms with Gasteiger partial charge in [0.2, 0.25) is 0 Å². The third kappa shape index (κ3) is 1.19. The van der Waals surface area contributed by atoms with Gasteiger partial charge in [0, 0.05) is 11.5 Å². The molecule has 0 N–H and O–H groups in total. The predicted molar refractivity (Wildman–Crippen MR) is 53.7 cm³/mol. The molecule has 0 amide bonds. The van der Waals surface area contributed by atoms with Crippen LogP contribution in [0.1, 0.15) is 10.4 Å². The summed E-state index contributed by atoms with van der Waals surface area (Å²) in [4.78, 5) is 10.8. The van der Waals surface area contributed by atoms with E-state index in [1.54, 1.807) is 11.4 Å². The number of aldehydes is 1. The molecule has 0 spiro atoms. The summed E-state index contributed by atoms with van der Waals surface area (Å²) in [6.45, 7) is 0. The fraction of sp³-hybridized carbons (Fsp3) is 0.100. The lowest BCUT2D eigenvalue weighted by molar-refractivity contribution is 0.112. The van der Waals surface area contributed by atoms with Crippen LogP contribution in [-0.4, -0.2) is 13.4 Å². The van der Waals surface area contributed by atoms with E-state index in [1.165, 1.54) is 24.5 Å². The first kappa shape index (κ1) is 9.15. The van der Waals surface area contributed by atoms with Crippen molar-refractivity contribution in [2.24, 2.45) is 0 Å². The van der Waals surface area contributed by atoms with Gasteiger partial charge in [0.15, 0.2) is 6.29 Å². The highest BCUT2D eigenvalue weighted by Crippen LogP contribution is 2.32. The molecule has 0 aliphatic heterocycles. The van der Waals surface area contributed by atoms with Gasteiger partial charge >= 0.3 is 0 Å². The minimum atomic E-state index is -0.350. The minimum Gasteiger partial charge on any atom is -0.496 e. The number of carbonyl (C=O) groups excluding carboxylic acids is 1. The Balaban J connectivity index is 2.88. The average Bonchev–Trinajstić information content (AvgIpc) is 2.66. The van der Waals surface area contributed by atoms with E-state index in [0.29, 0.717) is 21.9 Å². The van der Waals surface area contributed by atoms with Crippen LogP contribution in [0.4, 0.5) is 4.39 Å². The van der Waals surface area contributed by atoms with E-state index in [-0.39, 0.29) is 11.6 Å². The maximum absolute atomic E-state index is 13.4. The molecule has 0 unspecified atom stereocenters. The van der Waals surface area contributed by atoms with Crippen molar-refractivity contribution in [3.8, 4) is 5.75 Å². The Morgan fingerprint density at radius 3 is 3.00 bits per heavy atom. The summed E-state index contributed by atoms with van der Waals surface area (Å²) in [7, 11) is 1.42. The van der Waals surface area contributed by atoms with Crippen LogP contribution in [0.25, 0.3) is 10.1 Å². The maximum atomic E-state index is 13.4. The Morgan fingerprint density at radius 2 is 2.36 bits per heavy atom. The number of benzene rings is 1. The van der Waals surface area contributed by atoms with Crippen LogP contribution >= 0.6 is 11.3 Å². The van der Waals surface area contributed by atoms with Crippen molar-refractivity contribution in [3.05, 3.63) is 28.9 Å². The molecule has 14 heavy (non-hydrogen) atoms. The summed E-state index contributed by atoms with van der Waals surface area (Å²) < 4.78 is 18.8. The molecule has 1 aromatic carbocycles. The van der Waals surface area contributed by atoms with Gasteiger partial charge in [-0.05, 0) is 11.4 Å². The molecule has 72 valence electrons. The van der Waals surface area contributed by atoms with E-state index >= 15 is 0 Å². The highest BCUT2D eigenvalue weighted by atomic mass is 32.1. The molecule has 2 rings (SSSR count). The average molecular weight is 210 g/mol. The number of carbonyl (C=O) groups is 1. The number of methoxy groups -OCH3 is 1. The molecule has 2 nitrogen and oxygen atoms in total. The monoisotopic (exact) mass is 210 g/mol. The highest BCUT2D eigenvalue weighted by Gasteiger charge is 2.12. The van der Waals surface area contributed by atoms with Gasteiger partial charge in [-0.3, -0.25) is 4.79 Å². The Labute approximate surface area is 83.9 Å². The number of rotatable bonds is 2. The fourth-order valence-corrected chi connectivity index (χ4v) is 2.20. The molecular formula is C10H7FO2S. The molecule has 0 atom stereocenters. The number of fused-ring (bicyclic) bond motifs is 1. The van der Waals surface area contributed by atoms with Crippen molar-refractivity contribution in [2.75, 3.05) is 7.11 Å². The summed E-state index contributed by atoms with van der Waals surface area (Å²) in [5, 5.41) is 2.36. The topological polar surface area (TPSA) is 26.3 Å². The second-order valence-electron chi connectivity index (χ2n) is 2.76. The second kappa shape index (κ2) is 3.38. The lowest BCUT2D eigenvalue weighted by Gasteiger charge is -2.04. The molecule has 0 bridgehead atoms.